The molecule has 57 heavy (non-hydrogen) atoms. The van der Waals surface area contributed by atoms with Crippen LogP contribution >= 0.6 is 0 Å². The van der Waals surface area contributed by atoms with E-state index in [2.05, 4.69) is 178 Å². The fourth-order valence-corrected chi connectivity index (χ4v) is 10.0. The monoisotopic (exact) mass is 758 g/mol. The van der Waals surface area contributed by atoms with Crippen LogP contribution < -0.4 is 18.6 Å². The van der Waals surface area contributed by atoms with E-state index in [1.807, 2.05) is 0 Å². The Hall–Kier alpha value is -5.76. The summed E-state index contributed by atoms with van der Waals surface area (Å²) in [6, 6.07) is 26.7. The van der Waals surface area contributed by atoms with Crippen LogP contribution in [0.15, 0.2) is 110 Å². The van der Waals surface area contributed by atoms with Gasteiger partial charge in [-0.05, 0) is 121 Å². The molecule has 2 fully saturated rings. The molecule has 1 aliphatic carbocycles. The molecule has 2 unspecified atom stereocenters. The number of aromatic nitrogens is 4. The van der Waals surface area contributed by atoms with E-state index < -0.39 is 6.03 Å². The molecule has 0 bridgehead atoms. The molecule has 1 saturated heterocycles. The molecule has 3 aliphatic heterocycles. The van der Waals surface area contributed by atoms with E-state index in [9.17, 15) is 0 Å². The second-order valence-electron chi connectivity index (χ2n) is 16.8. The van der Waals surface area contributed by atoms with Gasteiger partial charge in [-0.1, -0.05) is 57.7 Å². The molecule has 4 aromatic carbocycles. The highest BCUT2D eigenvalue weighted by Crippen LogP contribution is 2.47. The number of benzene rings is 4. The van der Waals surface area contributed by atoms with Crippen molar-refractivity contribution in [2.24, 2.45) is 14.1 Å². The van der Waals surface area contributed by atoms with Gasteiger partial charge >= 0.3 is 6.03 Å². The van der Waals surface area contributed by atoms with Crippen molar-refractivity contribution >= 4 is 12.4 Å². The summed E-state index contributed by atoms with van der Waals surface area (Å²) in [6.45, 7) is 6.38. The minimum atomic E-state index is -1.06. The van der Waals surface area contributed by atoms with Crippen LogP contribution in [0, 0.1) is 13.8 Å². The Morgan fingerprint density at radius 3 is 1.53 bits per heavy atom. The van der Waals surface area contributed by atoms with Crippen LogP contribution in [0.4, 0.5) is 0 Å². The highest BCUT2D eigenvalue weighted by molar-refractivity contribution is 5.88. The van der Waals surface area contributed by atoms with E-state index in [0.29, 0.717) is 12.1 Å². The zero-order chi connectivity index (χ0) is 38.7. The largest absolute Gasteiger partial charge is 0.704 e. The summed E-state index contributed by atoms with van der Waals surface area (Å²) in [5.74, 6) is 1.82. The van der Waals surface area contributed by atoms with Crippen molar-refractivity contribution in [2.75, 3.05) is 0 Å². The van der Waals surface area contributed by atoms with Crippen molar-refractivity contribution < 1.29 is 27.8 Å². The molecule has 1 spiro atoms. The van der Waals surface area contributed by atoms with Gasteiger partial charge in [0.2, 0.25) is 24.7 Å². The highest BCUT2D eigenvalue weighted by Gasteiger charge is 2.76. The molecule has 8 heteroatoms. The van der Waals surface area contributed by atoms with Gasteiger partial charge in [-0.15, -0.1) is 0 Å². The summed E-state index contributed by atoms with van der Waals surface area (Å²) in [4.78, 5) is 0. The summed E-state index contributed by atoms with van der Waals surface area (Å²) in [7, 11) is 4.15. The lowest BCUT2D eigenvalue weighted by molar-refractivity contribution is -0.866. The molecule has 6 aromatic rings. The van der Waals surface area contributed by atoms with Gasteiger partial charge in [0.25, 0.3) is 0 Å². The zero-order valence-electron chi connectivity index (χ0n) is 33.8. The molecule has 4 aliphatic rings. The maximum absolute atomic E-state index is 7.29. The lowest BCUT2D eigenvalue weighted by Crippen LogP contribution is -2.60. The Labute approximate surface area is 336 Å². The Bertz CT molecular complexity index is 2400. The van der Waals surface area contributed by atoms with Crippen LogP contribution in [0.25, 0.3) is 22.3 Å². The van der Waals surface area contributed by atoms with Crippen molar-refractivity contribution in [2.45, 2.75) is 96.4 Å². The molecule has 0 N–H and O–H groups in total. The van der Waals surface area contributed by atoms with Gasteiger partial charge in [-0.3, -0.25) is 0 Å². The van der Waals surface area contributed by atoms with Crippen LogP contribution in [-0.4, -0.2) is 48.8 Å². The van der Waals surface area contributed by atoms with Crippen LogP contribution in [0.3, 0.4) is 0 Å². The summed E-state index contributed by atoms with van der Waals surface area (Å²) in [6.07, 6.45) is 26.4. The average Bonchev–Trinajstić information content (AvgIpc) is 3.91. The standard InChI is InChI=1S/C49H54N6O2/c1-35-27-39(43-17-7-5-13-37(43)15-11-21-52-25-23-50(3)33-52)29-41-31-54-45-19-9-10-20-46(45)55-32-42-30-40(28-36(2)48(42)57-49(54,55)56-47(35)41)44-18-8-6-14-38(44)16-12-22-53-26-24-51(4)34-53/h5-8,13-14,17-18,23-34,45-46H,9-12,15-16,19-22H2,1-4H3/q+4. The number of imidazole rings is 2. The van der Waals surface area contributed by atoms with Crippen molar-refractivity contribution in [3.05, 3.63) is 144 Å². The predicted octanol–water partition coefficient (Wildman–Crippen LogP) is 7.44. The fraction of sp³-hybridized carbons (Fsp3) is 0.347. The summed E-state index contributed by atoms with van der Waals surface area (Å²) < 4.78 is 28.2. The Morgan fingerprint density at radius 2 is 1.09 bits per heavy atom. The van der Waals surface area contributed by atoms with E-state index in [0.717, 1.165) is 85.4 Å². The van der Waals surface area contributed by atoms with E-state index in [-0.39, 0.29) is 0 Å². The number of nitrogens with zero attached hydrogens (tertiary/aromatic N) is 6. The number of hydrogen-bond acceptors (Lipinski definition) is 2. The molecule has 2 atom stereocenters. The minimum absolute atomic E-state index is 0.298. The first-order valence-electron chi connectivity index (χ1n) is 21.0. The van der Waals surface area contributed by atoms with Crippen LogP contribution in [0.5, 0.6) is 11.5 Å². The summed E-state index contributed by atoms with van der Waals surface area (Å²) >= 11 is 0. The lowest BCUT2D eigenvalue weighted by Gasteiger charge is -2.29. The molecule has 0 radical (unpaired) electrons. The van der Waals surface area contributed by atoms with Crippen molar-refractivity contribution in [3.8, 4) is 33.8 Å². The molecule has 1 saturated carbocycles. The zero-order valence-corrected chi connectivity index (χ0v) is 33.8. The number of aryl methyl sites for hydroxylation is 8. The molecule has 10 rings (SSSR count). The predicted molar refractivity (Wildman–Crippen MR) is 222 cm³/mol. The van der Waals surface area contributed by atoms with Gasteiger partial charge in [0.15, 0.2) is 23.9 Å². The Kier molecular flexibility index (Phi) is 8.95. The van der Waals surface area contributed by atoms with Gasteiger partial charge in [-0.2, -0.15) is 0 Å². The third kappa shape index (κ3) is 6.39. The quantitative estimate of drug-likeness (QED) is 0.137. The molecular weight excluding hydrogens is 705 g/mol. The first-order valence-corrected chi connectivity index (χ1v) is 21.0. The normalized spacial score (nSPS) is 20.3. The third-order valence-corrected chi connectivity index (χ3v) is 12.7. The third-order valence-electron chi connectivity index (χ3n) is 12.7. The lowest BCUT2D eigenvalue weighted by atomic mass is 9.90. The van der Waals surface area contributed by atoms with Gasteiger partial charge < -0.3 is 9.47 Å². The maximum atomic E-state index is 7.29. The first-order chi connectivity index (χ1) is 27.8. The number of rotatable bonds is 10. The number of ether oxygens (including phenoxy) is 2. The molecule has 0 amide bonds. The number of hydrogen-bond donors (Lipinski definition) is 0. The first kappa shape index (κ1) is 35.6. The van der Waals surface area contributed by atoms with E-state index in [4.69, 9.17) is 9.47 Å². The molecule has 288 valence electrons. The van der Waals surface area contributed by atoms with Crippen molar-refractivity contribution in [3.63, 3.8) is 0 Å². The maximum Gasteiger partial charge on any atom is 0.704 e. The smallest absolute Gasteiger partial charge is 0.340 e. The second kappa shape index (κ2) is 14.3. The van der Waals surface area contributed by atoms with Crippen molar-refractivity contribution in [1.29, 1.82) is 0 Å². The van der Waals surface area contributed by atoms with E-state index >= 15 is 0 Å². The molecule has 5 heterocycles. The summed E-state index contributed by atoms with van der Waals surface area (Å²) in [5.41, 5.74) is 12.3. The average molecular weight is 759 g/mol. The Morgan fingerprint density at radius 1 is 0.632 bits per heavy atom. The highest BCUT2D eigenvalue weighted by atomic mass is 16.7. The molecular formula is C49H54N6O2+4. The Balaban J connectivity index is 0.976. The second-order valence-corrected chi connectivity index (χ2v) is 16.8. The van der Waals surface area contributed by atoms with Crippen LogP contribution in [-0.2, 0) is 40.0 Å². The van der Waals surface area contributed by atoms with Gasteiger partial charge in [-0.25, -0.2) is 18.3 Å². The van der Waals surface area contributed by atoms with Gasteiger partial charge in [0.1, 0.15) is 24.8 Å². The SMILES string of the molecule is Cc1cc(-c2ccccc2CCCn2cc[n+](C)c2)cc2c1OC13Oc4c(C)cc(-c5ccccc5CCCn5cc[n+](C)c5)cc4C=[N+]1C1CCCCC1[N+]3=C2. The molecule has 2 aromatic heterocycles. The van der Waals surface area contributed by atoms with Gasteiger partial charge in [0, 0.05) is 12.8 Å². The van der Waals surface area contributed by atoms with Crippen molar-refractivity contribution in [1.82, 2.24) is 9.13 Å². The van der Waals surface area contributed by atoms with Crippen LogP contribution in [0.2, 0.25) is 0 Å². The van der Waals surface area contributed by atoms with Crippen LogP contribution in [0.1, 0.15) is 71.9 Å². The van der Waals surface area contributed by atoms with E-state index in [1.165, 1.54) is 46.2 Å². The molecule has 8 nitrogen and oxygen atoms in total. The van der Waals surface area contributed by atoms with E-state index in [1.54, 1.807) is 0 Å². The minimum Gasteiger partial charge on any atom is -0.340 e. The topological polar surface area (TPSA) is 42.1 Å². The fourth-order valence-electron chi connectivity index (χ4n) is 10.0. The number of fused-ring (bicyclic) bond motifs is 5. The van der Waals surface area contributed by atoms with Gasteiger partial charge in [0.05, 0.1) is 38.3 Å². The summed E-state index contributed by atoms with van der Waals surface area (Å²) in [5, 5.41) is 0.